The van der Waals surface area contributed by atoms with Gasteiger partial charge in [-0.2, -0.15) is 0 Å². The van der Waals surface area contributed by atoms with Gasteiger partial charge < -0.3 is 5.32 Å². The number of hydrogen-bond acceptors (Lipinski definition) is 4. The summed E-state index contributed by atoms with van der Waals surface area (Å²) in [5, 5.41) is 2.96. The fraction of sp³-hybridized carbons (Fsp3) is 0.545. The highest BCUT2D eigenvalue weighted by Gasteiger charge is 2.30. The standard InChI is InChI=1S/C11H16ClN3O2S2/c1-6(11(2,3)4)13-10-14-7-5-8(12)18-9(7)19(16,17)15-10/h5-6H,1-4H3,(H2,13,14,15)/t6-/m0/s1. The van der Waals surface area contributed by atoms with Crippen LogP contribution in [0.3, 0.4) is 0 Å². The van der Waals surface area contributed by atoms with E-state index in [4.69, 9.17) is 11.6 Å². The van der Waals surface area contributed by atoms with E-state index in [0.717, 1.165) is 11.3 Å². The summed E-state index contributed by atoms with van der Waals surface area (Å²) >= 11 is 6.87. The molecule has 0 aromatic carbocycles. The Kier molecular flexibility index (Phi) is 3.57. The van der Waals surface area contributed by atoms with Gasteiger partial charge in [-0.15, -0.1) is 11.3 Å². The third kappa shape index (κ3) is 3.04. The van der Waals surface area contributed by atoms with Crippen molar-refractivity contribution in [2.75, 3.05) is 5.32 Å². The molecule has 2 heterocycles. The molecule has 1 aromatic rings. The molecule has 0 aliphatic carbocycles. The smallest absolute Gasteiger partial charge is 0.275 e. The number of fused-ring (bicyclic) bond motifs is 1. The predicted molar refractivity (Wildman–Crippen MR) is 79.6 cm³/mol. The summed E-state index contributed by atoms with van der Waals surface area (Å²) in [6.45, 7) is 8.09. The fourth-order valence-electron chi connectivity index (χ4n) is 1.40. The maximum Gasteiger partial charge on any atom is 0.275 e. The molecule has 0 fully saturated rings. The molecule has 2 N–H and O–H groups in total. The van der Waals surface area contributed by atoms with E-state index in [0.29, 0.717) is 10.0 Å². The number of thiophene rings is 1. The Hall–Kier alpha value is -0.790. The molecule has 1 aliphatic heterocycles. The minimum atomic E-state index is -3.57. The number of nitrogens with one attached hydrogen (secondary N) is 2. The highest BCUT2D eigenvalue weighted by Crippen LogP contribution is 2.36. The van der Waals surface area contributed by atoms with Gasteiger partial charge in [-0.05, 0) is 18.4 Å². The lowest BCUT2D eigenvalue weighted by molar-refractivity contribution is 0.341. The quantitative estimate of drug-likeness (QED) is 0.835. The number of aliphatic imine (C=N–C) groups is 1. The lowest BCUT2D eigenvalue weighted by Crippen LogP contribution is -2.41. The van der Waals surface area contributed by atoms with Crippen molar-refractivity contribution in [1.82, 2.24) is 4.72 Å². The Morgan fingerprint density at radius 1 is 1.42 bits per heavy atom. The summed E-state index contributed by atoms with van der Waals surface area (Å²) in [6.07, 6.45) is 0. The van der Waals surface area contributed by atoms with E-state index in [2.05, 4.69) is 15.0 Å². The molecule has 19 heavy (non-hydrogen) atoms. The number of sulfonamides is 1. The minimum Gasteiger partial charge on any atom is -0.324 e. The van der Waals surface area contributed by atoms with Crippen LogP contribution >= 0.6 is 22.9 Å². The summed E-state index contributed by atoms with van der Waals surface area (Å²) in [5.41, 5.74) is 0.431. The van der Waals surface area contributed by atoms with Crippen LogP contribution in [0.2, 0.25) is 4.34 Å². The molecule has 0 amide bonds. The van der Waals surface area contributed by atoms with Crippen LogP contribution in [0.25, 0.3) is 0 Å². The second-order valence-corrected chi connectivity index (χ2v) is 9.06. The van der Waals surface area contributed by atoms with Gasteiger partial charge in [0.2, 0.25) is 5.96 Å². The van der Waals surface area contributed by atoms with Crippen LogP contribution < -0.4 is 10.0 Å². The monoisotopic (exact) mass is 321 g/mol. The van der Waals surface area contributed by atoms with Gasteiger partial charge >= 0.3 is 0 Å². The molecular weight excluding hydrogens is 306 g/mol. The number of guanidine groups is 1. The van der Waals surface area contributed by atoms with Crippen LogP contribution in [0.15, 0.2) is 15.3 Å². The SMILES string of the molecule is C[C@H](N=C1Nc2cc(Cl)sc2S(=O)(=O)N1)C(C)(C)C. The van der Waals surface area contributed by atoms with Crippen LogP contribution in [0.5, 0.6) is 0 Å². The van der Waals surface area contributed by atoms with Crippen LogP contribution in [-0.2, 0) is 10.0 Å². The minimum absolute atomic E-state index is 0.0339. The van der Waals surface area contributed by atoms with Gasteiger partial charge in [0.25, 0.3) is 10.0 Å². The van der Waals surface area contributed by atoms with Gasteiger partial charge in [-0.1, -0.05) is 32.4 Å². The van der Waals surface area contributed by atoms with E-state index in [9.17, 15) is 8.42 Å². The molecule has 0 saturated carbocycles. The molecule has 1 atom stereocenters. The predicted octanol–water partition coefficient (Wildman–Crippen LogP) is 2.90. The van der Waals surface area contributed by atoms with Crippen molar-refractivity contribution in [2.24, 2.45) is 10.4 Å². The first-order chi connectivity index (χ1) is 8.59. The molecule has 0 radical (unpaired) electrons. The van der Waals surface area contributed by atoms with Crippen LogP contribution in [0.1, 0.15) is 27.7 Å². The van der Waals surface area contributed by atoms with Gasteiger partial charge in [0.05, 0.1) is 16.1 Å². The van der Waals surface area contributed by atoms with Crippen molar-refractivity contribution in [3.63, 3.8) is 0 Å². The highest BCUT2D eigenvalue weighted by atomic mass is 35.5. The summed E-state index contributed by atoms with van der Waals surface area (Å²) < 4.78 is 27.1. The summed E-state index contributed by atoms with van der Waals surface area (Å²) in [4.78, 5) is 4.39. The van der Waals surface area contributed by atoms with Crippen LogP contribution in [0, 0.1) is 5.41 Å². The van der Waals surface area contributed by atoms with Crippen molar-refractivity contribution < 1.29 is 8.42 Å². The van der Waals surface area contributed by atoms with E-state index in [1.165, 1.54) is 0 Å². The molecule has 2 rings (SSSR count). The molecule has 1 aromatic heterocycles. The second kappa shape index (κ2) is 4.64. The second-order valence-electron chi connectivity index (χ2n) is 5.50. The molecule has 0 unspecified atom stereocenters. The van der Waals surface area contributed by atoms with Crippen LogP contribution in [0.4, 0.5) is 5.69 Å². The molecule has 8 heteroatoms. The molecule has 1 aliphatic rings. The largest absolute Gasteiger partial charge is 0.324 e. The topological polar surface area (TPSA) is 70.6 Å². The maximum atomic E-state index is 12.0. The highest BCUT2D eigenvalue weighted by molar-refractivity contribution is 7.92. The number of rotatable bonds is 1. The number of anilines is 1. The zero-order chi connectivity index (χ0) is 14.4. The average molecular weight is 322 g/mol. The van der Waals surface area contributed by atoms with E-state index in [-0.39, 0.29) is 21.6 Å². The lowest BCUT2D eigenvalue weighted by Gasteiger charge is -2.26. The molecule has 0 spiro atoms. The van der Waals surface area contributed by atoms with Gasteiger partial charge in [0.15, 0.2) is 4.21 Å². The van der Waals surface area contributed by atoms with Gasteiger partial charge in [0.1, 0.15) is 0 Å². The Balaban J connectivity index is 2.38. The Morgan fingerprint density at radius 2 is 2.05 bits per heavy atom. The fourth-order valence-corrected chi connectivity index (χ4v) is 4.14. The van der Waals surface area contributed by atoms with Crippen molar-refractivity contribution in [2.45, 2.75) is 37.9 Å². The van der Waals surface area contributed by atoms with E-state index >= 15 is 0 Å². The summed E-state index contributed by atoms with van der Waals surface area (Å²) in [7, 11) is -3.57. The zero-order valence-electron chi connectivity index (χ0n) is 11.1. The number of nitrogens with zero attached hydrogens (tertiary/aromatic N) is 1. The molecule has 0 saturated heterocycles. The first-order valence-electron chi connectivity index (χ1n) is 5.76. The van der Waals surface area contributed by atoms with E-state index in [1.54, 1.807) is 6.07 Å². The summed E-state index contributed by atoms with van der Waals surface area (Å²) in [6, 6.07) is 1.56. The normalized spacial score (nSPS) is 21.4. The van der Waals surface area contributed by atoms with E-state index < -0.39 is 10.0 Å². The van der Waals surface area contributed by atoms with Crippen LogP contribution in [-0.4, -0.2) is 20.4 Å². The Labute approximate surface area is 122 Å². The first kappa shape index (κ1) is 14.6. The Bertz CT molecular complexity index is 629. The van der Waals surface area contributed by atoms with E-state index in [1.807, 2.05) is 27.7 Å². The average Bonchev–Trinajstić information content (AvgIpc) is 2.57. The van der Waals surface area contributed by atoms with Gasteiger partial charge in [-0.25, -0.2) is 18.1 Å². The third-order valence-electron chi connectivity index (χ3n) is 2.97. The lowest BCUT2D eigenvalue weighted by atomic mass is 9.89. The van der Waals surface area contributed by atoms with Crippen molar-refractivity contribution in [3.8, 4) is 0 Å². The number of halogens is 1. The van der Waals surface area contributed by atoms with Crippen molar-refractivity contribution >= 4 is 44.6 Å². The summed E-state index contributed by atoms with van der Waals surface area (Å²) in [5.74, 6) is 0.240. The Morgan fingerprint density at radius 3 is 2.63 bits per heavy atom. The van der Waals surface area contributed by atoms with Crippen molar-refractivity contribution in [1.29, 1.82) is 0 Å². The first-order valence-corrected chi connectivity index (χ1v) is 8.44. The maximum absolute atomic E-state index is 12.0. The molecule has 0 bridgehead atoms. The molecule has 106 valence electrons. The zero-order valence-corrected chi connectivity index (χ0v) is 13.5. The number of hydrogen-bond donors (Lipinski definition) is 2. The van der Waals surface area contributed by atoms with Gasteiger partial charge in [0, 0.05) is 0 Å². The third-order valence-corrected chi connectivity index (χ3v) is 6.11. The van der Waals surface area contributed by atoms with Crippen molar-refractivity contribution in [3.05, 3.63) is 10.4 Å². The molecular formula is C11H16ClN3O2S2. The molecule has 5 nitrogen and oxygen atoms in total. The van der Waals surface area contributed by atoms with Gasteiger partial charge in [-0.3, -0.25) is 0 Å².